The summed E-state index contributed by atoms with van der Waals surface area (Å²) in [6, 6.07) is 10.1. The summed E-state index contributed by atoms with van der Waals surface area (Å²) in [5.41, 5.74) is 2.12. The lowest BCUT2D eigenvalue weighted by atomic mass is 10.2. The van der Waals surface area contributed by atoms with Crippen molar-refractivity contribution < 1.29 is 9.59 Å². The normalized spacial score (nSPS) is 14.5. The second-order valence-electron chi connectivity index (χ2n) is 7.41. The molecule has 0 bridgehead atoms. The number of aryl methyl sites for hydroxylation is 2. The highest BCUT2D eigenvalue weighted by atomic mass is 16.2. The van der Waals surface area contributed by atoms with Crippen LogP contribution in [0.1, 0.15) is 11.3 Å². The third-order valence-corrected chi connectivity index (χ3v) is 5.10. The maximum atomic E-state index is 12.8. The summed E-state index contributed by atoms with van der Waals surface area (Å²) in [7, 11) is 2.02. The molecule has 29 heavy (non-hydrogen) atoms. The highest BCUT2D eigenvalue weighted by Gasteiger charge is 2.20. The van der Waals surface area contributed by atoms with Crippen LogP contribution in [0.4, 0.5) is 16.2 Å². The van der Waals surface area contributed by atoms with E-state index in [-0.39, 0.29) is 18.1 Å². The van der Waals surface area contributed by atoms with E-state index in [1.54, 1.807) is 36.1 Å². The lowest BCUT2D eigenvalue weighted by Gasteiger charge is -2.32. The number of carbonyl (C=O) groups is 2. The van der Waals surface area contributed by atoms with Crippen molar-refractivity contribution >= 4 is 23.3 Å². The Bertz CT molecular complexity index is 944. The number of nitrogens with one attached hydrogen (secondary N) is 2. The lowest BCUT2D eigenvalue weighted by Crippen LogP contribution is -2.48. The molecular formula is C21H27N5O3. The van der Waals surface area contributed by atoms with Crippen molar-refractivity contribution in [2.24, 2.45) is 0 Å². The number of hydrogen-bond acceptors (Lipinski definition) is 4. The number of rotatable bonds is 4. The Morgan fingerprint density at radius 2 is 1.59 bits per heavy atom. The SMILES string of the molecule is Cc1ccc(NC(=O)Nc2ccc(C)n(CC(=O)N3CCN(C)CC3)c2=O)cc1. The standard InChI is InChI=1S/C21H27N5O3/c1-15-4-7-17(8-5-15)22-21(29)23-18-9-6-16(2)26(20(18)28)14-19(27)25-12-10-24(3)11-13-25/h4-9H,10-14H2,1-3H3,(H2,22,23,29). The molecule has 8 heteroatoms. The Balaban J connectivity index is 1.69. The molecule has 2 aromatic rings. The van der Waals surface area contributed by atoms with Gasteiger partial charge in [0.25, 0.3) is 5.56 Å². The highest BCUT2D eigenvalue weighted by Crippen LogP contribution is 2.10. The molecule has 1 fully saturated rings. The molecule has 0 spiro atoms. The first-order chi connectivity index (χ1) is 13.8. The summed E-state index contributed by atoms with van der Waals surface area (Å²) < 4.78 is 1.40. The summed E-state index contributed by atoms with van der Waals surface area (Å²) in [5, 5.41) is 5.28. The molecule has 8 nitrogen and oxygen atoms in total. The van der Waals surface area contributed by atoms with E-state index in [9.17, 15) is 14.4 Å². The number of pyridine rings is 1. The number of hydrogen-bond donors (Lipinski definition) is 2. The second-order valence-corrected chi connectivity index (χ2v) is 7.41. The van der Waals surface area contributed by atoms with Gasteiger partial charge in [0, 0.05) is 37.6 Å². The molecule has 1 aliphatic heterocycles. The molecule has 1 saturated heterocycles. The van der Waals surface area contributed by atoms with E-state index >= 15 is 0 Å². The first-order valence-corrected chi connectivity index (χ1v) is 9.65. The predicted molar refractivity (Wildman–Crippen MR) is 113 cm³/mol. The number of piperazine rings is 1. The van der Waals surface area contributed by atoms with Crippen LogP contribution in [-0.2, 0) is 11.3 Å². The van der Waals surface area contributed by atoms with Gasteiger partial charge in [0.1, 0.15) is 12.2 Å². The van der Waals surface area contributed by atoms with Gasteiger partial charge >= 0.3 is 6.03 Å². The fourth-order valence-electron chi connectivity index (χ4n) is 3.18. The van der Waals surface area contributed by atoms with Crippen molar-refractivity contribution in [3.05, 3.63) is 58.0 Å². The van der Waals surface area contributed by atoms with Crippen LogP contribution in [0.3, 0.4) is 0 Å². The number of aromatic nitrogens is 1. The molecule has 1 aliphatic rings. The first-order valence-electron chi connectivity index (χ1n) is 9.65. The van der Waals surface area contributed by atoms with E-state index in [0.29, 0.717) is 24.5 Å². The van der Waals surface area contributed by atoms with Crippen molar-refractivity contribution in [2.45, 2.75) is 20.4 Å². The fraction of sp³-hybridized carbons (Fsp3) is 0.381. The van der Waals surface area contributed by atoms with Gasteiger partial charge in [-0.2, -0.15) is 0 Å². The van der Waals surface area contributed by atoms with Crippen LogP contribution in [0.5, 0.6) is 0 Å². The number of benzene rings is 1. The maximum Gasteiger partial charge on any atom is 0.323 e. The smallest absolute Gasteiger partial charge is 0.323 e. The van der Waals surface area contributed by atoms with Crippen LogP contribution < -0.4 is 16.2 Å². The van der Waals surface area contributed by atoms with Gasteiger partial charge in [0.15, 0.2) is 0 Å². The van der Waals surface area contributed by atoms with Crippen molar-refractivity contribution in [2.75, 3.05) is 43.9 Å². The molecule has 0 unspecified atom stereocenters. The molecule has 3 amide bonds. The van der Waals surface area contributed by atoms with Crippen molar-refractivity contribution in [1.29, 1.82) is 0 Å². The zero-order valence-corrected chi connectivity index (χ0v) is 17.1. The van der Waals surface area contributed by atoms with E-state index in [1.165, 1.54) is 4.57 Å². The Morgan fingerprint density at radius 3 is 2.24 bits per heavy atom. The van der Waals surface area contributed by atoms with E-state index in [4.69, 9.17) is 0 Å². The van der Waals surface area contributed by atoms with Crippen LogP contribution in [0.2, 0.25) is 0 Å². The molecule has 2 heterocycles. The maximum absolute atomic E-state index is 12.8. The largest absolute Gasteiger partial charge is 0.339 e. The number of nitrogens with zero attached hydrogens (tertiary/aromatic N) is 3. The Hall–Kier alpha value is -3.13. The molecule has 0 radical (unpaired) electrons. The Kier molecular flexibility index (Phi) is 6.33. The first kappa shape index (κ1) is 20.6. The molecular weight excluding hydrogens is 370 g/mol. The Morgan fingerprint density at radius 1 is 0.931 bits per heavy atom. The van der Waals surface area contributed by atoms with E-state index in [2.05, 4.69) is 15.5 Å². The van der Waals surface area contributed by atoms with Gasteiger partial charge < -0.3 is 25.0 Å². The van der Waals surface area contributed by atoms with Gasteiger partial charge in [-0.15, -0.1) is 0 Å². The van der Waals surface area contributed by atoms with Crippen LogP contribution in [-0.4, -0.2) is 59.5 Å². The lowest BCUT2D eigenvalue weighted by molar-refractivity contribution is -0.133. The zero-order valence-electron chi connectivity index (χ0n) is 17.1. The molecule has 3 rings (SSSR count). The monoisotopic (exact) mass is 397 g/mol. The van der Waals surface area contributed by atoms with E-state index < -0.39 is 11.6 Å². The number of carbonyl (C=O) groups excluding carboxylic acids is 2. The molecule has 1 aromatic heterocycles. The van der Waals surface area contributed by atoms with Crippen LogP contribution in [0.25, 0.3) is 0 Å². The minimum absolute atomic E-state index is 0.0382. The van der Waals surface area contributed by atoms with Gasteiger partial charge in [-0.3, -0.25) is 9.59 Å². The number of urea groups is 1. The molecule has 0 atom stereocenters. The highest BCUT2D eigenvalue weighted by molar-refractivity contribution is 5.99. The third-order valence-electron chi connectivity index (χ3n) is 5.10. The summed E-state index contributed by atoms with van der Waals surface area (Å²) in [6.07, 6.45) is 0. The molecule has 0 aliphatic carbocycles. The zero-order chi connectivity index (χ0) is 21.0. The predicted octanol–water partition coefficient (Wildman–Crippen LogP) is 1.88. The van der Waals surface area contributed by atoms with Gasteiger partial charge in [-0.25, -0.2) is 4.79 Å². The average Bonchev–Trinajstić information content (AvgIpc) is 2.69. The van der Waals surface area contributed by atoms with Crippen LogP contribution >= 0.6 is 0 Å². The number of amides is 3. The molecule has 0 saturated carbocycles. The van der Waals surface area contributed by atoms with Crippen LogP contribution in [0.15, 0.2) is 41.2 Å². The van der Waals surface area contributed by atoms with E-state index in [0.717, 1.165) is 18.7 Å². The van der Waals surface area contributed by atoms with E-state index in [1.807, 2.05) is 26.1 Å². The molecule has 154 valence electrons. The molecule has 2 N–H and O–H groups in total. The third kappa shape index (κ3) is 5.23. The van der Waals surface area contributed by atoms with Gasteiger partial charge in [-0.05, 0) is 45.2 Å². The molecule has 1 aromatic carbocycles. The Labute approximate surface area is 170 Å². The number of anilines is 2. The summed E-state index contributed by atoms with van der Waals surface area (Å²) >= 11 is 0. The van der Waals surface area contributed by atoms with Crippen LogP contribution in [0, 0.1) is 13.8 Å². The summed E-state index contributed by atoms with van der Waals surface area (Å²) in [5.74, 6) is -0.0930. The van der Waals surface area contributed by atoms with Crippen molar-refractivity contribution in [3.8, 4) is 0 Å². The van der Waals surface area contributed by atoms with Gasteiger partial charge in [-0.1, -0.05) is 17.7 Å². The van der Waals surface area contributed by atoms with Gasteiger partial charge in [0.05, 0.1) is 0 Å². The quantitative estimate of drug-likeness (QED) is 0.825. The van der Waals surface area contributed by atoms with Gasteiger partial charge in [0.2, 0.25) is 5.91 Å². The fourth-order valence-corrected chi connectivity index (χ4v) is 3.18. The topological polar surface area (TPSA) is 86.7 Å². The summed E-state index contributed by atoms with van der Waals surface area (Å²) in [4.78, 5) is 41.7. The second kappa shape index (κ2) is 8.91. The minimum atomic E-state index is -0.508. The average molecular weight is 397 g/mol. The summed E-state index contributed by atoms with van der Waals surface area (Å²) in [6.45, 7) is 6.64. The number of likely N-dealkylation sites (N-methyl/N-ethyl adjacent to an activating group) is 1. The van der Waals surface area contributed by atoms with Crippen molar-refractivity contribution in [3.63, 3.8) is 0 Å². The minimum Gasteiger partial charge on any atom is -0.339 e. The van der Waals surface area contributed by atoms with Crippen molar-refractivity contribution in [1.82, 2.24) is 14.4 Å².